The predicted octanol–water partition coefficient (Wildman–Crippen LogP) is 1.71. The first kappa shape index (κ1) is 16.7. The van der Waals surface area contributed by atoms with E-state index in [-0.39, 0.29) is 11.3 Å². The largest absolute Gasteiger partial charge is 0.383 e. The molecular weight excluding hydrogens is 252 g/mol. The van der Waals surface area contributed by atoms with Gasteiger partial charge < -0.3 is 15.4 Å². The Balaban J connectivity index is 2.28. The average molecular weight is 278 g/mol. The number of carbonyl (C=O) groups excluding carboxylic acids is 1. The summed E-state index contributed by atoms with van der Waals surface area (Å²) in [4.78, 5) is 12.0. The third-order valence-corrected chi connectivity index (χ3v) is 3.26. The van der Waals surface area contributed by atoms with Gasteiger partial charge in [0, 0.05) is 33.2 Å². The summed E-state index contributed by atoms with van der Waals surface area (Å²) in [5.74, 6) is 0.0902. The molecule has 1 aromatic carbocycles. The molecule has 0 fully saturated rings. The number of rotatable bonds is 9. The number of hydrogen-bond donors (Lipinski definition) is 2. The molecule has 1 amide bonds. The van der Waals surface area contributed by atoms with E-state index in [1.54, 1.807) is 7.11 Å². The number of ether oxygens (including phenoxy) is 1. The lowest BCUT2D eigenvalue weighted by molar-refractivity contribution is -0.122. The number of amides is 1. The summed E-state index contributed by atoms with van der Waals surface area (Å²) in [6.07, 6.45) is 0.495. The van der Waals surface area contributed by atoms with Crippen LogP contribution >= 0.6 is 0 Å². The maximum Gasteiger partial charge on any atom is 0.220 e. The molecule has 4 heteroatoms. The molecule has 0 aromatic heterocycles. The van der Waals surface area contributed by atoms with Gasteiger partial charge in [-0.2, -0.15) is 0 Å². The Labute approximate surface area is 121 Å². The van der Waals surface area contributed by atoms with Crippen molar-refractivity contribution >= 4 is 5.91 Å². The van der Waals surface area contributed by atoms with Gasteiger partial charge in [-0.1, -0.05) is 44.2 Å². The molecule has 0 bridgehead atoms. The lowest BCUT2D eigenvalue weighted by atomic mass is 9.81. The standard InChI is InChI=1S/C16H26N2O2/c1-16(2,14-7-5-4-6-8-14)13-15(19)18-10-9-17-11-12-20-3/h4-8,17H,9-13H2,1-3H3,(H,18,19). The van der Waals surface area contributed by atoms with Crippen LogP contribution in [0.2, 0.25) is 0 Å². The monoisotopic (exact) mass is 278 g/mol. The van der Waals surface area contributed by atoms with Crippen molar-refractivity contribution in [2.75, 3.05) is 33.4 Å². The Morgan fingerprint density at radius 3 is 2.50 bits per heavy atom. The van der Waals surface area contributed by atoms with Crippen LogP contribution in [0.1, 0.15) is 25.8 Å². The van der Waals surface area contributed by atoms with E-state index in [9.17, 15) is 4.79 Å². The van der Waals surface area contributed by atoms with Crippen LogP contribution in [0, 0.1) is 0 Å². The van der Waals surface area contributed by atoms with Crippen molar-refractivity contribution < 1.29 is 9.53 Å². The second-order valence-electron chi connectivity index (χ2n) is 5.52. The molecule has 0 radical (unpaired) electrons. The molecule has 0 atom stereocenters. The molecular formula is C16H26N2O2. The molecule has 1 aromatic rings. The predicted molar refractivity (Wildman–Crippen MR) is 81.8 cm³/mol. The van der Waals surface area contributed by atoms with Crippen molar-refractivity contribution in [2.45, 2.75) is 25.7 Å². The number of nitrogens with one attached hydrogen (secondary N) is 2. The van der Waals surface area contributed by atoms with Gasteiger partial charge in [-0.05, 0) is 11.0 Å². The van der Waals surface area contributed by atoms with Crippen molar-refractivity contribution in [1.29, 1.82) is 0 Å². The van der Waals surface area contributed by atoms with Gasteiger partial charge in [0.2, 0.25) is 5.91 Å². The first-order chi connectivity index (χ1) is 9.56. The SMILES string of the molecule is COCCNCCNC(=O)CC(C)(C)c1ccccc1. The van der Waals surface area contributed by atoms with Crippen LogP contribution in [0.15, 0.2) is 30.3 Å². The van der Waals surface area contributed by atoms with Crippen LogP contribution in [0.4, 0.5) is 0 Å². The molecule has 0 saturated heterocycles. The van der Waals surface area contributed by atoms with Gasteiger partial charge in [0.15, 0.2) is 0 Å². The molecule has 0 aliphatic heterocycles. The van der Waals surface area contributed by atoms with Gasteiger partial charge in [0.25, 0.3) is 0 Å². The van der Waals surface area contributed by atoms with Crippen LogP contribution in [0.5, 0.6) is 0 Å². The quantitative estimate of drug-likeness (QED) is 0.676. The van der Waals surface area contributed by atoms with E-state index in [1.807, 2.05) is 18.2 Å². The van der Waals surface area contributed by atoms with E-state index in [2.05, 4.69) is 36.6 Å². The highest BCUT2D eigenvalue weighted by atomic mass is 16.5. The van der Waals surface area contributed by atoms with E-state index in [0.29, 0.717) is 19.6 Å². The zero-order chi connectivity index (χ0) is 14.8. The van der Waals surface area contributed by atoms with Gasteiger partial charge in [0.05, 0.1) is 6.61 Å². The van der Waals surface area contributed by atoms with Gasteiger partial charge >= 0.3 is 0 Å². The first-order valence-corrected chi connectivity index (χ1v) is 7.08. The molecule has 0 heterocycles. The minimum Gasteiger partial charge on any atom is -0.383 e. The normalized spacial score (nSPS) is 11.3. The van der Waals surface area contributed by atoms with Gasteiger partial charge in [-0.3, -0.25) is 4.79 Å². The van der Waals surface area contributed by atoms with Gasteiger partial charge in [-0.25, -0.2) is 0 Å². The fourth-order valence-electron chi connectivity index (χ4n) is 2.04. The third kappa shape index (κ3) is 6.17. The maximum atomic E-state index is 12.0. The first-order valence-electron chi connectivity index (χ1n) is 7.08. The summed E-state index contributed by atoms with van der Waals surface area (Å²) in [6.45, 7) is 7.10. The third-order valence-electron chi connectivity index (χ3n) is 3.26. The van der Waals surface area contributed by atoms with E-state index in [1.165, 1.54) is 5.56 Å². The van der Waals surface area contributed by atoms with Crippen molar-refractivity contribution in [1.82, 2.24) is 10.6 Å². The van der Waals surface area contributed by atoms with Crippen molar-refractivity contribution in [3.8, 4) is 0 Å². The molecule has 0 unspecified atom stereocenters. The molecule has 112 valence electrons. The number of benzene rings is 1. The van der Waals surface area contributed by atoms with E-state index < -0.39 is 0 Å². The highest BCUT2D eigenvalue weighted by Crippen LogP contribution is 2.26. The topological polar surface area (TPSA) is 50.4 Å². The Hall–Kier alpha value is -1.39. The molecule has 20 heavy (non-hydrogen) atoms. The highest BCUT2D eigenvalue weighted by Gasteiger charge is 2.23. The summed E-state index contributed by atoms with van der Waals surface area (Å²) < 4.78 is 4.93. The van der Waals surface area contributed by atoms with Crippen LogP contribution in [-0.2, 0) is 14.9 Å². The zero-order valence-corrected chi connectivity index (χ0v) is 12.7. The maximum absolute atomic E-state index is 12.0. The Morgan fingerprint density at radius 2 is 1.85 bits per heavy atom. The van der Waals surface area contributed by atoms with Crippen LogP contribution in [0.3, 0.4) is 0 Å². The minimum absolute atomic E-state index is 0.0902. The summed E-state index contributed by atoms with van der Waals surface area (Å²) in [5.41, 5.74) is 1.04. The van der Waals surface area contributed by atoms with E-state index >= 15 is 0 Å². The summed E-state index contributed by atoms with van der Waals surface area (Å²) in [5, 5.41) is 6.14. The Bertz CT molecular complexity index is 391. The smallest absolute Gasteiger partial charge is 0.220 e. The Morgan fingerprint density at radius 1 is 1.15 bits per heavy atom. The van der Waals surface area contributed by atoms with Gasteiger partial charge in [0.1, 0.15) is 0 Å². The molecule has 1 rings (SSSR count). The van der Waals surface area contributed by atoms with Crippen LogP contribution in [0.25, 0.3) is 0 Å². The van der Waals surface area contributed by atoms with Crippen molar-refractivity contribution in [2.24, 2.45) is 0 Å². The van der Waals surface area contributed by atoms with Crippen molar-refractivity contribution in [3.63, 3.8) is 0 Å². The van der Waals surface area contributed by atoms with Crippen LogP contribution < -0.4 is 10.6 Å². The van der Waals surface area contributed by atoms with Crippen molar-refractivity contribution in [3.05, 3.63) is 35.9 Å². The van der Waals surface area contributed by atoms with Crippen LogP contribution in [-0.4, -0.2) is 39.3 Å². The number of methoxy groups -OCH3 is 1. The van der Waals surface area contributed by atoms with E-state index in [0.717, 1.165) is 13.1 Å². The second-order valence-corrected chi connectivity index (χ2v) is 5.52. The second kappa shape index (κ2) is 8.72. The summed E-state index contributed by atoms with van der Waals surface area (Å²) in [6, 6.07) is 10.1. The minimum atomic E-state index is -0.144. The fourth-order valence-corrected chi connectivity index (χ4v) is 2.04. The molecule has 0 aliphatic carbocycles. The molecule has 2 N–H and O–H groups in total. The zero-order valence-electron chi connectivity index (χ0n) is 12.7. The lowest BCUT2D eigenvalue weighted by Crippen LogP contribution is -2.36. The van der Waals surface area contributed by atoms with Gasteiger partial charge in [-0.15, -0.1) is 0 Å². The lowest BCUT2D eigenvalue weighted by Gasteiger charge is -2.24. The molecule has 0 aliphatic rings. The molecule has 4 nitrogen and oxygen atoms in total. The summed E-state index contributed by atoms with van der Waals surface area (Å²) in [7, 11) is 1.68. The average Bonchev–Trinajstić information content (AvgIpc) is 2.43. The Kier molecular flexibility index (Phi) is 7.26. The van der Waals surface area contributed by atoms with E-state index in [4.69, 9.17) is 4.74 Å². The fraction of sp³-hybridized carbons (Fsp3) is 0.562. The summed E-state index contributed by atoms with van der Waals surface area (Å²) >= 11 is 0. The molecule has 0 saturated carbocycles. The number of carbonyl (C=O) groups is 1. The molecule has 0 spiro atoms. The highest BCUT2D eigenvalue weighted by molar-refractivity contribution is 5.77. The number of hydrogen-bond acceptors (Lipinski definition) is 3.